The van der Waals surface area contributed by atoms with Gasteiger partial charge in [0.25, 0.3) is 0 Å². The number of amides is 2. The molecular weight excluding hydrogens is 188 g/mol. The van der Waals surface area contributed by atoms with Gasteiger partial charge in [0.2, 0.25) is 5.95 Å². The van der Waals surface area contributed by atoms with E-state index in [4.69, 9.17) is 0 Å². The molecule has 0 saturated carbocycles. The number of carbonyl (C=O) groups is 1. The number of rotatable bonds is 2. The second-order valence-corrected chi connectivity index (χ2v) is 2.32. The molecular formula is C5H6N8O. The third-order valence-electron chi connectivity index (χ3n) is 1.33. The van der Waals surface area contributed by atoms with Crippen molar-refractivity contribution in [3.63, 3.8) is 0 Å². The van der Waals surface area contributed by atoms with E-state index in [1.54, 1.807) is 0 Å². The standard InChI is InChI=1S/C5H6N8O/c14-5(8-3-1-6-7-2-3)9-4-10-12-13-11-4/h1-2H,(H,6,7)(H3,8,9,10,11,12,13,14). The fraction of sp³-hybridized carbons (Fsp3) is 0. The number of hydrogen-bond acceptors (Lipinski definition) is 5. The predicted molar refractivity (Wildman–Crippen MR) is 45.4 cm³/mol. The molecule has 0 unspecified atom stereocenters. The molecule has 0 radical (unpaired) electrons. The van der Waals surface area contributed by atoms with Crippen LogP contribution in [0.4, 0.5) is 16.4 Å². The molecule has 4 N–H and O–H groups in total. The van der Waals surface area contributed by atoms with E-state index in [2.05, 4.69) is 41.5 Å². The van der Waals surface area contributed by atoms with Crippen LogP contribution in [-0.4, -0.2) is 36.9 Å². The van der Waals surface area contributed by atoms with Gasteiger partial charge in [-0.2, -0.15) is 5.10 Å². The van der Waals surface area contributed by atoms with Crippen LogP contribution in [0.15, 0.2) is 12.4 Å². The molecule has 2 aromatic heterocycles. The van der Waals surface area contributed by atoms with Crippen molar-refractivity contribution >= 4 is 17.7 Å². The van der Waals surface area contributed by atoms with E-state index in [1.165, 1.54) is 12.4 Å². The minimum Gasteiger partial charge on any atom is -0.305 e. The lowest BCUT2D eigenvalue weighted by molar-refractivity contribution is 0.262. The van der Waals surface area contributed by atoms with Gasteiger partial charge in [-0.1, -0.05) is 5.10 Å². The van der Waals surface area contributed by atoms with Crippen LogP contribution in [0.5, 0.6) is 0 Å². The number of tetrazole rings is 1. The molecule has 2 aromatic rings. The quantitative estimate of drug-likeness (QED) is 0.516. The maximum absolute atomic E-state index is 11.2. The Balaban J connectivity index is 1.91. The normalized spacial score (nSPS) is 9.71. The highest BCUT2D eigenvalue weighted by Crippen LogP contribution is 2.01. The van der Waals surface area contributed by atoms with Crippen LogP contribution >= 0.6 is 0 Å². The Hall–Kier alpha value is -2.45. The van der Waals surface area contributed by atoms with Gasteiger partial charge in [0.05, 0.1) is 11.9 Å². The lowest BCUT2D eigenvalue weighted by Crippen LogP contribution is -2.19. The van der Waals surface area contributed by atoms with Crippen LogP contribution in [0.1, 0.15) is 0 Å². The second-order valence-electron chi connectivity index (χ2n) is 2.32. The van der Waals surface area contributed by atoms with Crippen LogP contribution in [0, 0.1) is 0 Å². The van der Waals surface area contributed by atoms with Gasteiger partial charge in [0.15, 0.2) is 0 Å². The van der Waals surface area contributed by atoms with Crippen LogP contribution in [0.3, 0.4) is 0 Å². The molecule has 2 rings (SSSR count). The number of nitrogens with zero attached hydrogens (tertiary/aromatic N) is 4. The van der Waals surface area contributed by atoms with Gasteiger partial charge in [-0.05, 0) is 10.4 Å². The molecule has 0 saturated heterocycles. The van der Waals surface area contributed by atoms with Crippen LogP contribution in [0.2, 0.25) is 0 Å². The molecule has 0 fully saturated rings. The van der Waals surface area contributed by atoms with E-state index in [0.717, 1.165) is 0 Å². The number of aromatic nitrogens is 6. The molecule has 14 heavy (non-hydrogen) atoms. The molecule has 2 amide bonds. The van der Waals surface area contributed by atoms with Crippen molar-refractivity contribution in [1.82, 2.24) is 30.8 Å². The van der Waals surface area contributed by atoms with Crippen molar-refractivity contribution < 1.29 is 4.79 Å². The maximum atomic E-state index is 11.2. The number of carbonyl (C=O) groups excluding carboxylic acids is 1. The summed E-state index contributed by atoms with van der Waals surface area (Å²) in [4.78, 5) is 11.2. The van der Waals surface area contributed by atoms with E-state index < -0.39 is 6.03 Å². The molecule has 0 spiro atoms. The van der Waals surface area contributed by atoms with Crippen LogP contribution in [0.25, 0.3) is 0 Å². The largest absolute Gasteiger partial charge is 0.326 e. The van der Waals surface area contributed by atoms with Crippen molar-refractivity contribution in [1.29, 1.82) is 0 Å². The first kappa shape index (κ1) is 8.16. The van der Waals surface area contributed by atoms with E-state index >= 15 is 0 Å². The fourth-order valence-corrected chi connectivity index (χ4v) is 0.801. The average molecular weight is 194 g/mol. The summed E-state index contributed by atoms with van der Waals surface area (Å²) in [6.07, 6.45) is 3.01. The van der Waals surface area contributed by atoms with Crippen molar-refractivity contribution in [2.24, 2.45) is 0 Å². The van der Waals surface area contributed by atoms with E-state index in [0.29, 0.717) is 5.69 Å². The molecule has 9 heteroatoms. The van der Waals surface area contributed by atoms with E-state index in [1.807, 2.05) is 0 Å². The van der Waals surface area contributed by atoms with Crippen molar-refractivity contribution in [3.8, 4) is 0 Å². The summed E-state index contributed by atoms with van der Waals surface area (Å²) in [6.45, 7) is 0. The van der Waals surface area contributed by atoms with E-state index in [9.17, 15) is 4.79 Å². The highest BCUT2D eigenvalue weighted by atomic mass is 16.2. The van der Waals surface area contributed by atoms with E-state index in [-0.39, 0.29) is 5.95 Å². The highest BCUT2D eigenvalue weighted by Gasteiger charge is 2.04. The summed E-state index contributed by atoms with van der Waals surface area (Å²) in [5, 5.41) is 23.5. The highest BCUT2D eigenvalue weighted by molar-refractivity contribution is 5.98. The van der Waals surface area contributed by atoms with Gasteiger partial charge >= 0.3 is 6.03 Å². The summed E-state index contributed by atoms with van der Waals surface area (Å²) in [7, 11) is 0. The first-order chi connectivity index (χ1) is 6.84. The summed E-state index contributed by atoms with van der Waals surface area (Å²) >= 11 is 0. The zero-order valence-corrected chi connectivity index (χ0v) is 6.85. The predicted octanol–water partition coefficient (Wildman–Crippen LogP) is -0.433. The van der Waals surface area contributed by atoms with Gasteiger partial charge in [-0.3, -0.25) is 10.4 Å². The lowest BCUT2D eigenvalue weighted by atomic mass is 10.6. The molecule has 0 aromatic carbocycles. The molecule has 0 aliphatic heterocycles. The maximum Gasteiger partial charge on any atom is 0.326 e. The van der Waals surface area contributed by atoms with Crippen molar-refractivity contribution in [3.05, 3.63) is 12.4 Å². The molecule has 0 aliphatic rings. The Labute approximate surface area is 77.3 Å². The number of nitrogens with one attached hydrogen (secondary N) is 4. The second kappa shape index (κ2) is 3.51. The minimum absolute atomic E-state index is 0.172. The Bertz CT molecular complexity index is 353. The number of anilines is 2. The van der Waals surface area contributed by atoms with Crippen molar-refractivity contribution in [2.45, 2.75) is 0 Å². The third-order valence-corrected chi connectivity index (χ3v) is 1.33. The van der Waals surface area contributed by atoms with Gasteiger partial charge in [0, 0.05) is 6.20 Å². The first-order valence-corrected chi connectivity index (χ1v) is 3.65. The number of urea groups is 1. The lowest BCUT2D eigenvalue weighted by Gasteiger charge is -2.00. The van der Waals surface area contributed by atoms with Crippen molar-refractivity contribution in [2.75, 3.05) is 10.6 Å². The molecule has 0 atom stereocenters. The zero-order chi connectivity index (χ0) is 9.80. The Morgan fingerprint density at radius 3 is 3.00 bits per heavy atom. The fourth-order valence-electron chi connectivity index (χ4n) is 0.801. The minimum atomic E-state index is -0.454. The number of H-pyrrole nitrogens is 2. The number of aromatic amines is 2. The molecule has 2 heterocycles. The molecule has 9 nitrogen and oxygen atoms in total. The first-order valence-electron chi connectivity index (χ1n) is 3.65. The zero-order valence-electron chi connectivity index (χ0n) is 6.85. The topological polar surface area (TPSA) is 124 Å². The smallest absolute Gasteiger partial charge is 0.305 e. The van der Waals surface area contributed by atoms with Gasteiger partial charge < -0.3 is 5.32 Å². The Morgan fingerprint density at radius 1 is 1.43 bits per heavy atom. The van der Waals surface area contributed by atoms with Gasteiger partial charge in [-0.25, -0.2) is 9.89 Å². The monoisotopic (exact) mass is 194 g/mol. The summed E-state index contributed by atoms with van der Waals surface area (Å²) in [5.74, 6) is 0.172. The summed E-state index contributed by atoms with van der Waals surface area (Å²) in [5.41, 5.74) is 0.551. The van der Waals surface area contributed by atoms with Crippen LogP contribution < -0.4 is 10.6 Å². The summed E-state index contributed by atoms with van der Waals surface area (Å²) < 4.78 is 0. The van der Waals surface area contributed by atoms with Gasteiger partial charge in [-0.15, -0.1) is 0 Å². The average Bonchev–Trinajstić information content (AvgIpc) is 2.76. The van der Waals surface area contributed by atoms with Gasteiger partial charge in [0.1, 0.15) is 0 Å². The Kier molecular flexibility index (Phi) is 2.05. The third kappa shape index (κ3) is 1.83. The SMILES string of the molecule is O=C(Nc1cn[nH]c1)Nc1nnn[nH]1. The molecule has 0 aliphatic carbocycles. The van der Waals surface area contributed by atoms with Crippen LogP contribution in [-0.2, 0) is 0 Å². The Morgan fingerprint density at radius 2 is 2.36 bits per heavy atom. The number of hydrogen-bond donors (Lipinski definition) is 4. The summed E-state index contributed by atoms with van der Waals surface area (Å²) in [6, 6.07) is -0.454. The molecule has 0 bridgehead atoms. The molecule has 72 valence electrons.